The third kappa shape index (κ3) is 2.49. The lowest BCUT2D eigenvalue weighted by Gasteiger charge is -2.24. The van der Waals surface area contributed by atoms with E-state index in [0.29, 0.717) is 17.3 Å². The number of fused-ring (bicyclic) bond motifs is 2. The van der Waals surface area contributed by atoms with Crippen molar-refractivity contribution in [1.82, 2.24) is 14.7 Å². The van der Waals surface area contributed by atoms with Gasteiger partial charge in [-0.3, -0.25) is 14.3 Å². The molecule has 2 fully saturated rings. The molecule has 1 aromatic carbocycles. The summed E-state index contributed by atoms with van der Waals surface area (Å²) in [5.41, 5.74) is 0.720. The van der Waals surface area contributed by atoms with Gasteiger partial charge in [0.2, 0.25) is 11.7 Å². The van der Waals surface area contributed by atoms with Gasteiger partial charge in [0.1, 0.15) is 24.9 Å². The summed E-state index contributed by atoms with van der Waals surface area (Å²) in [5, 5.41) is 23.2. The Morgan fingerprint density at radius 3 is 2.68 bits per heavy atom. The van der Waals surface area contributed by atoms with Gasteiger partial charge in [-0.05, 0) is 24.8 Å². The van der Waals surface area contributed by atoms with Crippen molar-refractivity contribution in [3.05, 3.63) is 30.0 Å². The molecule has 25 heavy (non-hydrogen) atoms. The molecule has 1 aliphatic carbocycles. The van der Waals surface area contributed by atoms with Crippen LogP contribution in [0.15, 0.2) is 24.3 Å². The standard InChI is InChI=1S/C17H17N3O5/c21-8-14(22)16-10-3-1-2-4-11(10)19(18-16)7-15(23)20-12-5-9(12)6-13(20)17(24)25/h1-4,9,12-13,21H,5-8H2,(H,24,25)/t9-,12-,13+/m1/s1. The lowest BCUT2D eigenvalue weighted by Crippen LogP contribution is -2.44. The molecule has 0 radical (unpaired) electrons. The number of aliphatic hydroxyl groups is 1. The van der Waals surface area contributed by atoms with Crippen molar-refractivity contribution in [1.29, 1.82) is 0 Å². The van der Waals surface area contributed by atoms with Crippen LogP contribution in [0.2, 0.25) is 0 Å². The average molecular weight is 343 g/mol. The van der Waals surface area contributed by atoms with E-state index in [1.165, 1.54) is 9.58 Å². The number of hydrogen-bond acceptors (Lipinski definition) is 5. The Balaban J connectivity index is 1.66. The summed E-state index contributed by atoms with van der Waals surface area (Å²) in [4.78, 5) is 37.5. The number of carboxylic acid groups (broad SMARTS) is 1. The van der Waals surface area contributed by atoms with Crippen LogP contribution in [0, 0.1) is 5.92 Å². The summed E-state index contributed by atoms with van der Waals surface area (Å²) >= 11 is 0. The number of aliphatic carboxylic acids is 1. The van der Waals surface area contributed by atoms with E-state index >= 15 is 0 Å². The number of carbonyl (C=O) groups excluding carboxylic acids is 2. The second kappa shape index (κ2) is 5.66. The molecule has 3 atom stereocenters. The van der Waals surface area contributed by atoms with Crippen molar-refractivity contribution in [2.75, 3.05) is 6.61 Å². The van der Waals surface area contributed by atoms with E-state index in [1.807, 2.05) is 0 Å². The first-order valence-corrected chi connectivity index (χ1v) is 8.15. The maximum atomic E-state index is 12.7. The third-order valence-corrected chi connectivity index (χ3v) is 5.03. The van der Waals surface area contributed by atoms with Gasteiger partial charge in [-0.15, -0.1) is 0 Å². The van der Waals surface area contributed by atoms with Crippen LogP contribution in [0.5, 0.6) is 0 Å². The monoisotopic (exact) mass is 343 g/mol. The van der Waals surface area contributed by atoms with E-state index in [0.717, 1.165) is 6.42 Å². The SMILES string of the molecule is O=C(CO)c1nn(CC(=O)N2[C@@H]3C[C@@H]3C[C@H]2C(=O)O)c2ccccc12. The van der Waals surface area contributed by atoms with Crippen LogP contribution in [0.3, 0.4) is 0 Å². The van der Waals surface area contributed by atoms with Gasteiger partial charge in [0.05, 0.1) is 5.52 Å². The van der Waals surface area contributed by atoms with E-state index in [4.69, 9.17) is 5.11 Å². The molecular formula is C17H17N3O5. The molecule has 2 aliphatic rings. The quantitative estimate of drug-likeness (QED) is 0.754. The number of carboxylic acids is 1. The number of Topliss-reactive ketones (excluding diaryl/α,β-unsaturated/α-hetero) is 1. The molecule has 2 N–H and O–H groups in total. The van der Waals surface area contributed by atoms with Gasteiger partial charge in [0, 0.05) is 11.4 Å². The summed E-state index contributed by atoms with van der Waals surface area (Å²) in [6, 6.07) is 6.19. The number of benzene rings is 1. The molecule has 0 bridgehead atoms. The first-order valence-electron chi connectivity index (χ1n) is 8.15. The lowest BCUT2D eigenvalue weighted by molar-refractivity contribution is -0.149. The number of piperidine rings is 1. The van der Waals surface area contributed by atoms with Crippen LogP contribution < -0.4 is 0 Å². The van der Waals surface area contributed by atoms with Gasteiger partial charge in [0.25, 0.3) is 0 Å². The number of likely N-dealkylation sites (tertiary alicyclic amines) is 1. The Morgan fingerprint density at radius 2 is 1.96 bits per heavy atom. The smallest absolute Gasteiger partial charge is 0.326 e. The van der Waals surface area contributed by atoms with Crippen LogP contribution in [0.1, 0.15) is 23.3 Å². The van der Waals surface area contributed by atoms with Gasteiger partial charge in [-0.2, -0.15) is 5.10 Å². The Kier molecular flexibility index (Phi) is 3.57. The minimum Gasteiger partial charge on any atom is -0.480 e. The maximum Gasteiger partial charge on any atom is 0.326 e. The number of nitrogens with zero attached hydrogens (tertiary/aromatic N) is 3. The highest BCUT2D eigenvalue weighted by Gasteiger charge is 2.56. The fraction of sp³-hybridized carbons (Fsp3) is 0.412. The molecule has 130 valence electrons. The molecule has 1 saturated heterocycles. The van der Waals surface area contributed by atoms with E-state index in [2.05, 4.69) is 5.10 Å². The van der Waals surface area contributed by atoms with Crippen LogP contribution in [0.4, 0.5) is 0 Å². The first kappa shape index (κ1) is 15.8. The summed E-state index contributed by atoms with van der Waals surface area (Å²) in [7, 11) is 0. The first-order chi connectivity index (χ1) is 12.0. The number of ketones is 1. The van der Waals surface area contributed by atoms with E-state index < -0.39 is 24.4 Å². The highest BCUT2D eigenvalue weighted by Crippen LogP contribution is 2.48. The van der Waals surface area contributed by atoms with Crippen molar-refractivity contribution in [3.8, 4) is 0 Å². The van der Waals surface area contributed by atoms with Gasteiger partial charge in [0.15, 0.2) is 0 Å². The van der Waals surface area contributed by atoms with Crippen molar-refractivity contribution < 1.29 is 24.6 Å². The summed E-state index contributed by atoms with van der Waals surface area (Å²) in [6.07, 6.45) is 1.35. The van der Waals surface area contributed by atoms with Gasteiger partial charge in [-0.25, -0.2) is 4.79 Å². The number of carbonyl (C=O) groups is 3. The molecule has 1 aliphatic heterocycles. The van der Waals surface area contributed by atoms with E-state index in [1.54, 1.807) is 24.3 Å². The number of aliphatic hydroxyl groups excluding tert-OH is 1. The summed E-state index contributed by atoms with van der Waals surface area (Å²) in [5.74, 6) is -1.53. The fourth-order valence-electron chi connectivity index (χ4n) is 3.77. The molecule has 1 saturated carbocycles. The highest BCUT2D eigenvalue weighted by molar-refractivity contribution is 6.06. The Hall–Kier alpha value is -2.74. The Labute approximate surface area is 142 Å². The number of hydrogen-bond donors (Lipinski definition) is 2. The van der Waals surface area contributed by atoms with Crippen LogP contribution in [-0.4, -0.2) is 61.2 Å². The molecular weight excluding hydrogens is 326 g/mol. The molecule has 8 nitrogen and oxygen atoms in total. The number of rotatable bonds is 5. The molecule has 0 unspecified atom stereocenters. The molecule has 0 spiro atoms. The number of para-hydroxylation sites is 1. The molecule has 4 rings (SSSR count). The van der Waals surface area contributed by atoms with Gasteiger partial charge in [-0.1, -0.05) is 18.2 Å². The van der Waals surface area contributed by atoms with Crippen LogP contribution >= 0.6 is 0 Å². The normalized spacial score (nSPS) is 24.4. The zero-order chi connectivity index (χ0) is 17.7. The van der Waals surface area contributed by atoms with E-state index in [-0.39, 0.29) is 30.1 Å². The minimum absolute atomic E-state index is 0.00831. The fourth-order valence-corrected chi connectivity index (χ4v) is 3.77. The zero-order valence-electron chi connectivity index (χ0n) is 13.3. The number of amides is 1. The highest BCUT2D eigenvalue weighted by atomic mass is 16.4. The predicted molar refractivity (Wildman–Crippen MR) is 85.9 cm³/mol. The van der Waals surface area contributed by atoms with Crippen molar-refractivity contribution in [2.24, 2.45) is 5.92 Å². The van der Waals surface area contributed by atoms with Gasteiger partial charge < -0.3 is 15.1 Å². The molecule has 1 amide bonds. The second-order valence-electron chi connectivity index (χ2n) is 6.56. The predicted octanol–water partition coefficient (Wildman–Crippen LogP) is 0.285. The third-order valence-electron chi connectivity index (χ3n) is 5.03. The molecule has 8 heteroatoms. The lowest BCUT2D eigenvalue weighted by atomic mass is 10.1. The topological polar surface area (TPSA) is 113 Å². The van der Waals surface area contributed by atoms with Gasteiger partial charge >= 0.3 is 5.97 Å². The number of aromatic nitrogens is 2. The average Bonchev–Trinajstić information content (AvgIpc) is 3.11. The maximum absolute atomic E-state index is 12.7. The summed E-state index contributed by atoms with van der Waals surface area (Å²) < 4.78 is 1.41. The minimum atomic E-state index is -0.984. The zero-order valence-corrected chi connectivity index (χ0v) is 13.3. The van der Waals surface area contributed by atoms with E-state index in [9.17, 15) is 19.5 Å². The van der Waals surface area contributed by atoms with Crippen molar-refractivity contribution >= 4 is 28.6 Å². The second-order valence-corrected chi connectivity index (χ2v) is 6.56. The Bertz CT molecular complexity index is 890. The van der Waals surface area contributed by atoms with Crippen molar-refractivity contribution in [3.63, 3.8) is 0 Å². The summed E-state index contributed by atoms with van der Waals surface area (Å²) in [6.45, 7) is -0.794. The van der Waals surface area contributed by atoms with Crippen LogP contribution in [-0.2, 0) is 16.1 Å². The Morgan fingerprint density at radius 1 is 1.20 bits per heavy atom. The van der Waals surface area contributed by atoms with Crippen molar-refractivity contribution in [2.45, 2.75) is 31.5 Å². The van der Waals surface area contributed by atoms with Crippen LogP contribution in [0.25, 0.3) is 10.9 Å². The molecule has 2 heterocycles. The molecule has 1 aromatic heterocycles. The largest absolute Gasteiger partial charge is 0.480 e. The molecule has 2 aromatic rings.